The fourth-order valence-electron chi connectivity index (χ4n) is 3.62. The van der Waals surface area contributed by atoms with Crippen molar-refractivity contribution >= 4 is 0 Å². The molecule has 1 aliphatic carbocycles. The summed E-state index contributed by atoms with van der Waals surface area (Å²) >= 11 is 0. The summed E-state index contributed by atoms with van der Waals surface area (Å²) in [5, 5.41) is 3.71. The second kappa shape index (κ2) is 7.68. The van der Waals surface area contributed by atoms with Gasteiger partial charge in [-0.2, -0.15) is 0 Å². The molecule has 2 nitrogen and oxygen atoms in total. The number of nitrogens with one attached hydrogen (secondary N) is 1. The van der Waals surface area contributed by atoms with E-state index in [9.17, 15) is 0 Å². The molecule has 112 valence electrons. The van der Waals surface area contributed by atoms with E-state index in [-0.39, 0.29) is 0 Å². The molecule has 0 saturated heterocycles. The number of ether oxygens (including phenoxy) is 1. The molecule has 0 aliphatic heterocycles. The molecule has 0 spiro atoms. The van der Waals surface area contributed by atoms with Gasteiger partial charge in [-0.25, -0.2) is 0 Å². The number of hydrogen-bond donors (Lipinski definition) is 1. The lowest BCUT2D eigenvalue weighted by molar-refractivity contribution is 0.210. The Balaban J connectivity index is 2.16. The summed E-state index contributed by atoms with van der Waals surface area (Å²) in [6.45, 7) is 5.56. The number of methoxy groups -OCH3 is 1. The van der Waals surface area contributed by atoms with Crippen molar-refractivity contribution in [2.45, 2.75) is 52.0 Å². The zero-order valence-electron chi connectivity index (χ0n) is 13.2. The van der Waals surface area contributed by atoms with Crippen LogP contribution >= 0.6 is 0 Å². The van der Waals surface area contributed by atoms with E-state index in [1.807, 2.05) is 6.07 Å². The Morgan fingerprint density at radius 3 is 2.85 bits per heavy atom. The van der Waals surface area contributed by atoms with Crippen LogP contribution < -0.4 is 10.1 Å². The van der Waals surface area contributed by atoms with Crippen LogP contribution in [0.15, 0.2) is 24.3 Å². The lowest BCUT2D eigenvalue weighted by Gasteiger charge is -2.35. The van der Waals surface area contributed by atoms with Crippen molar-refractivity contribution in [3.05, 3.63) is 29.8 Å². The molecular formula is C18H29NO. The van der Waals surface area contributed by atoms with Gasteiger partial charge in [-0.1, -0.05) is 45.2 Å². The van der Waals surface area contributed by atoms with Crippen LogP contribution in [-0.4, -0.2) is 13.7 Å². The average Bonchev–Trinajstić information content (AvgIpc) is 2.52. The van der Waals surface area contributed by atoms with Gasteiger partial charge in [-0.3, -0.25) is 0 Å². The lowest BCUT2D eigenvalue weighted by Crippen LogP contribution is -2.31. The summed E-state index contributed by atoms with van der Waals surface area (Å²) in [5.74, 6) is 2.65. The molecule has 2 heteroatoms. The second-order valence-electron chi connectivity index (χ2n) is 6.01. The van der Waals surface area contributed by atoms with Crippen LogP contribution in [-0.2, 0) is 0 Å². The molecule has 1 aromatic rings. The highest BCUT2D eigenvalue weighted by Gasteiger charge is 2.28. The number of hydrogen-bond acceptors (Lipinski definition) is 2. The van der Waals surface area contributed by atoms with E-state index in [0.29, 0.717) is 6.04 Å². The molecule has 0 bridgehead atoms. The summed E-state index contributed by atoms with van der Waals surface area (Å²) in [5.41, 5.74) is 1.38. The number of benzene rings is 1. The van der Waals surface area contributed by atoms with Gasteiger partial charge in [0.05, 0.1) is 7.11 Å². The maximum atomic E-state index is 5.39. The maximum Gasteiger partial charge on any atom is 0.119 e. The fourth-order valence-corrected chi connectivity index (χ4v) is 3.62. The highest BCUT2D eigenvalue weighted by molar-refractivity contribution is 5.31. The van der Waals surface area contributed by atoms with Crippen molar-refractivity contribution in [2.24, 2.45) is 11.8 Å². The van der Waals surface area contributed by atoms with E-state index in [4.69, 9.17) is 4.74 Å². The smallest absolute Gasteiger partial charge is 0.119 e. The van der Waals surface area contributed by atoms with Gasteiger partial charge < -0.3 is 10.1 Å². The van der Waals surface area contributed by atoms with Crippen molar-refractivity contribution in [2.75, 3.05) is 13.7 Å². The van der Waals surface area contributed by atoms with Gasteiger partial charge in [0.2, 0.25) is 0 Å². The topological polar surface area (TPSA) is 21.3 Å². The summed E-state index contributed by atoms with van der Waals surface area (Å²) < 4.78 is 5.39. The van der Waals surface area contributed by atoms with Crippen LogP contribution in [0.2, 0.25) is 0 Å². The Morgan fingerprint density at radius 2 is 2.15 bits per heavy atom. The molecule has 1 aliphatic rings. The molecule has 1 N–H and O–H groups in total. The van der Waals surface area contributed by atoms with Crippen LogP contribution in [0.5, 0.6) is 5.75 Å². The molecule has 0 heterocycles. The lowest BCUT2D eigenvalue weighted by atomic mass is 9.75. The predicted octanol–water partition coefficient (Wildman–Crippen LogP) is 4.56. The molecule has 20 heavy (non-hydrogen) atoms. The fraction of sp³-hybridized carbons (Fsp3) is 0.667. The molecule has 0 radical (unpaired) electrons. The van der Waals surface area contributed by atoms with E-state index in [1.165, 1.54) is 37.7 Å². The first-order chi connectivity index (χ1) is 9.78. The standard InChI is InChI=1S/C18H29NO/c1-4-14-8-6-9-15(12-14)18(19-5-2)16-10-7-11-17(13-16)20-3/h7,10-11,13-15,18-19H,4-6,8-9,12H2,1-3H3. The zero-order valence-corrected chi connectivity index (χ0v) is 13.2. The molecule has 1 fully saturated rings. The first-order valence-corrected chi connectivity index (χ1v) is 8.15. The molecule has 1 saturated carbocycles. The first-order valence-electron chi connectivity index (χ1n) is 8.15. The Hall–Kier alpha value is -1.02. The van der Waals surface area contributed by atoms with Crippen LogP contribution in [0, 0.1) is 11.8 Å². The van der Waals surface area contributed by atoms with E-state index in [0.717, 1.165) is 24.1 Å². The van der Waals surface area contributed by atoms with E-state index >= 15 is 0 Å². The van der Waals surface area contributed by atoms with Crippen molar-refractivity contribution in [3.63, 3.8) is 0 Å². The summed E-state index contributed by atoms with van der Waals surface area (Å²) in [4.78, 5) is 0. The Bertz CT molecular complexity index is 404. The Morgan fingerprint density at radius 1 is 1.30 bits per heavy atom. The highest BCUT2D eigenvalue weighted by Crippen LogP contribution is 2.39. The second-order valence-corrected chi connectivity index (χ2v) is 6.01. The van der Waals surface area contributed by atoms with Crippen molar-refractivity contribution in [1.29, 1.82) is 0 Å². The summed E-state index contributed by atoms with van der Waals surface area (Å²) in [6, 6.07) is 9.05. The monoisotopic (exact) mass is 275 g/mol. The third kappa shape index (κ3) is 3.76. The molecule has 3 atom stereocenters. The Labute approximate surface area is 123 Å². The molecule has 3 unspecified atom stereocenters. The number of rotatable bonds is 6. The molecule has 1 aromatic carbocycles. The average molecular weight is 275 g/mol. The van der Waals surface area contributed by atoms with Crippen LogP contribution in [0.1, 0.15) is 57.6 Å². The van der Waals surface area contributed by atoms with Gasteiger partial charge in [0.25, 0.3) is 0 Å². The minimum Gasteiger partial charge on any atom is -0.497 e. The summed E-state index contributed by atoms with van der Waals surface area (Å²) in [6.07, 6.45) is 6.85. The molecule has 0 amide bonds. The molecular weight excluding hydrogens is 246 g/mol. The highest BCUT2D eigenvalue weighted by atomic mass is 16.5. The maximum absolute atomic E-state index is 5.39. The van der Waals surface area contributed by atoms with E-state index in [1.54, 1.807) is 7.11 Å². The van der Waals surface area contributed by atoms with Gasteiger partial charge in [0.1, 0.15) is 5.75 Å². The zero-order chi connectivity index (χ0) is 14.4. The van der Waals surface area contributed by atoms with Gasteiger partial charge in [-0.05, 0) is 48.9 Å². The largest absolute Gasteiger partial charge is 0.497 e. The minimum absolute atomic E-state index is 0.476. The SMILES string of the molecule is CCNC(c1cccc(OC)c1)C1CCCC(CC)C1. The van der Waals surface area contributed by atoms with Gasteiger partial charge in [-0.15, -0.1) is 0 Å². The normalized spacial score (nSPS) is 24.4. The minimum atomic E-state index is 0.476. The van der Waals surface area contributed by atoms with Gasteiger partial charge in [0, 0.05) is 6.04 Å². The quantitative estimate of drug-likeness (QED) is 0.821. The van der Waals surface area contributed by atoms with Crippen molar-refractivity contribution in [3.8, 4) is 5.75 Å². The Kier molecular flexibility index (Phi) is 5.90. The van der Waals surface area contributed by atoms with Gasteiger partial charge >= 0.3 is 0 Å². The van der Waals surface area contributed by atoms with E-state index in [2.05, 4.69) is 37.4 Å². The van der Waals surface area contributed by atoms with Crippen molar-refractivity contribution < 1.29 is 4.74 Å². The van der Waals surface area contributed by atoms with Gasteiger partial charge in [0.15, 0.2) is 0 Å². The van der Waals surface area contributed by atoms with Crippen molar-refractivity contribution in [1.82, 2.24) is 5.32 Å². The first kappa shape index (κ1) is 15.4. The third-order valence-electron chi connectivity index (χ3n) is 4.75. The van der Waals surface area contributed by atoms with Crippen LogP contribution in [0.3, 0.4) is 0 Å². The van der Waals surface area contributed by atoms with Crippen LogP contribution in [0.25, 0.3) is 0 Å². The van der Waals surface area contributed by atoms with Crippen LogP contribution in [0.4, 0.5) is 0 Å². The summed E-state index contributed by atoms with van der Waals surface area (Å²) in [7, 11) is 1.75. The molecule has 0 aromatic heterocycles. The predicted molar refractivity (Wildman–Crippen MR) is 85.2 cm³/mol. The third-order valence-corrected chi connectivity index (χ3v) is 4.75. The molecule has 2 rings (SSSR count). The van der Waals surface area contributed by atoms with E-state index < -0.39 is 0 Å².